The molecule has 100 valence electrons. The van der Waals surface area contributed by atoms with Gasteiger partial charge in [-0.05, 0) is 32.4 Å². The Morgan fingerprint density at radius 1 is 1.28 bits per heavy atom. The van der Waals surface area contributed by atoms with Gasteiger partial charge in [0.2, 0.25) is 5.91 Å². The monoisotopic (exact) mass is 250 g/mol. The Balaban J connectivity index is 2.04. The third-order valence-electron chi connectivity index (χ3n) is 2.32. The second kappa shape index (κ2) is 8.53. The van der Waals surface area contributed by atoms with E-state index in [9.17, 15) is 4.79 Å². The smallest absolute Gasteiger partial charge is 0.239 e. The van der Waals surface area contributed by atoms with E-state index in [0.717, 1.165) is 12.1 Å². The highest BCUT2D eigenvalue weighted by Gasteiger charge is 2.00. The minimum atomic E-state index is 0.00315. The summed E-state index contributed by atoms with van der Waals surface area (Å²) >= 11 is 0. The van der Waals surface area contributed by atoms with Gasteiger partial charge in [-0.25, -0.2) is 0 Å². The first-order valence-electron chi connectivity index (χ1n) is 6.35. The molecule has 1 amide bonds. The molecular weight excluding hydrogens is 228 g/mol. The molecule has 0 radical (unpaired) electrons. The molecule has 0 aromatic heterocycles. The predicted octanol–water partition coefficient (Wildman–Crippen LogP) is 2.03. The largest absolute Gasteiger partial charge is 0.379 e. The fourth-order valence-corrected chi connectivity index (χ4v) is 1.42. The molecule has 18 heavy (non-hydrogen) atoms. The van der Waals surface area contributed by atoms with E-state index in [4.69, 9.17) is 4.74 Å². The second-order valence-electron chi connectivity index (χ2n) is 4.34. The zero-order valence-corrected chi connectivity index (χ0v) is 11.1. The van der Waals surface area contributed by atoms with E-state index in [2.05, 4.69) is 10.6 Å². The summed E-state index contributed by atoms with van der Waals surface area (Å²) < 4.78 is 5.39. The molecule has 0 saturated carbocycles. The molecule has 0 bridgehead atoms. The topological polar surface area (TPSA) is 50.4 Å². The molecule has 0 saturated heterocycles. The Bertz CT molecular complexity index is 339. The third-order valence-corrected chi connectivity index (χ3v) is 2.32. The van der Waals surface area contributed by atoms with Crippen molar-refractivity contribution < 1.29 is 9.53 Å². The van der Waals surface area contributed by atoms with Crippen molar-refractivity contribution in [3.63, 3.8) is 0 Å². The van der Waals surface area contributed by atoms with Crippen LogP contribution in [0.3, 0.4) is 0 Å². The zero-order chi connectivity index (χ0) is 13.2. The summed E-state index contributed by atoms with van der Waals surface area (Å²) in [7, 11) is 0. The molecule has 0 aliphatic rings. The van der Waals surface area contributed by atoms with Crippen LogP contribution in [0.2, 0.25) is 0 Å². The van der Waals surface area contributed by atoms with Gasteiger partial charge in [0, 0.05) is 18.8 Å². The lowest BCUT2D eigenvalue weighted by molar-refractivity contribution is -0.119. The average molecular weight is 250 g/mol. The summed E-state index contributed by atoms with van der Waals surface area (Å²) in [5.41, 5.74) is 0.954. The zero-order valence-electron chi connectivity index (χ0n) is 11.1. The maximum absolute atomic E-state index is 11.5. The summed E-state index contributed by atoms with van der Waals surface area (Å²) in [5, 5.41) is 5.91. The molecule has 1 aromatic carbocycles. The number of hydrogen-bond acceptors (Lipinski definition) is 3. The molecule has 0 unspecified atom stereocenters. The number of anilines is 1. The molecule has 2 N–H and O–H groups in total. The van der Waals surface area contributed by atoms with Gasteiger partial charge in [-0.2, -0.15) is 0 Å². The van der Waals surface area contributed by atoms with Crippen LogP contribution in [0.5, 0.6) is 0 Å². The van der Waals surface area contributed by atoms with Crippen LogP contribution in [0.25, 0.3) is 0 Å². The van der Waals surface area contributed by atoms with Gasteiger partial charge in [0.05, 0.1) is 12.6 Å². The van der Waals surface area contributed by atoms with E-state index in [1.54, 1.807) is 0 Å². The van der Waals surface area contributed by atoms with Crippen molar-refractivity contribution in [1.82, 2.24) is 5.32 Å². The second-order valence-corrected chi connectivity index (χ2v) is 4.34. The van der Waals surface area contributed by atoms with E-state index in [1.165, 1.54) is 0 Å². The number of carbonyl (C=O) groups excluding carboxylic acids is 1. The molecule has 1 rings (SSSR count). The summed E-state index contributed by atoms with van der Waals surface area (Å²) in [6.07, 6.45) is 1.09. The number of hydrogen-bond donors (Lipinski definition) is 2. The Kier molecular flexibility index (Phi) is 6.87. The highest BCUT2D eigenvalue weighted by Crippen LogP contribution is 2.03. The van der Waals surface area contributed by atoms with Gasteiger partial charge in [-0.3, -0.25) is 4.79 Å². The number of carbonyl (C=O) groups is 1. The van der Waals surface area contributed by atoms with Crippen LogP contribution in [0.1, 0.15) is 20.3 Å². The maximum atomic E-state index is 11.5. The van der Waals surface area contributed by atoms with Gasteiger partial charge < -0.3 is 15.4 Å². The van der Waals surface area contributed by atoms with Gasteiger partial charge in [-0.1, -0.05) is 18.2 Å². The van der Waals surface area contributed by atoms with Crippen LogP contribution in [0.15, 0.2) is 30.3 Å². The van der Waals surface area contributed by atoms with Crippen molar-refractivity contribution in [2.45, 2.75) is 26.4 Å². The van der Waals surface area contributed by atoms with E-state index >= 15 is 0 Å². The molecule has 0 aliphatic heterocycles. The number of nitrogens with one attached hydrogen (secondary N) is 2. The molecule has 0 atom stereocenters. The normalized spacial score (nSPS) is 10.4. The first-order valence-corrected chi connectivity index (χ1v) is 6.35. The van der Waals surface area contributed by atoms with E-state index < -0.39 is 0 Å². The Labute approximate surface area is 109 Å². The number of para-hydroxylation sites is 1. The Morgan fingerprint density at radius 3 is 2.67 bits per heavy atom. The molecule has 1 aromatic rings. The summed E-state index contributed by atoms with van der Waals surface area (Å²) in [5.74, 6) is 0.00315. The summed E-state index contributed by atoms with van der Waals surface area (Å²) in [4.78, 5) is 11.5. The third kappa shape index (κ3) is 6.91. The number of ether oxygens (including phenoxy) is 1. The van der Waals surface area contributed by atoms with Crippen molar-refractivity contribution in [2.75, 3.05) is 25.0 Å². The highest BCUT2D eigenvalue weighted by atomic mass is 16.5. The van der Waals surface area contributed by atoms with Crippen LogP contribution in [-0.4, -0.2) is 31.7 Å². The SMILES string of the molecule is CC(C)OCCCNC(=O)CNc1ccccc1. The summed E-state index contributed by atoms with van der Waals surface area (Å²) in [6.45, 7) is 5.64. The van der Waals surface area contributed by atoms with Crippen LogP contribution in [0, 0.1) is 0 Å². The molecule has 0 heterocycles. The fraction of sp³-hybridized carbons (Fsp3) is 0.500. The van der Waals surface area contributed by atoms with Gasteiger partial charge >= 0.3 is 0 Å². The van der Waals surface area contributed by atoms with Crippen molar-refractivity contribution in [2.24, 2.45) is 0 Å². The van der Waals surface area contributed by atoms with Crippen LogP contribution in [-0.2, 0) is 9.53 Å². The number of amides is 1. The minimum absolute atomic E-state index is 0.00315. The lowest BCUT2D eigenvalue weighted by atomic mass is 10.3. The van der Waals surface area contributed by atoms with Gasteiger partial charge in [0.1, 0.15) is 0 Å². The minimum Gasteiger partial charge on any atom is -0.379 e. The van der Waals surface area contributed by atoms with Crippen molar-refractivity contribution >= 4 is 11.6 Å². The number of benzene rings is 1. The molecule has 0 spiro atoms. The van der Waals surface area contributed by atoms with Gasteiger partial charge in [0.25, 0.3) is 0 Å². The standard InChI is InChI=1S/C14H22N2O2/c1-12(2)18-10-6-9-15-14(17)11-16-13-7-4-3-5-8-13/h3-5,7-8,12,16H,6,9-11H2,1-2H3,(H,15,17). The summed E-state index contributed by atoms with van der Waals surface area (Å²) in [6, 6.07) is 9.68. The molecule has 4 nitrogen and oxygen atoms in total. The first kappa shape index (κ1) is 14.5. The highest BCUT2D eigenvalue weighted by molar-refractivity contribution is 5.80. The molecule has 4 heteroatoms. The Morgan fingerprint density at radius 2 is 2.00 bits per heavy atom. The van der Waals surface area contributed by atoms with Gasteiger partial charge in [-0.15, -0.1) is 0 Å². The van der Waals surface area contributed by atoms with Crippen LogP contribution in [0.4, 0.5) is 5.69 Å². The number of rotatable bonds is 8. The van der Waals surface area contributed by atoms with Crippen molar-refractivity contribution in [3.05, 3.63) is 30.3 Å². The first-order chi connectivity index (χ1) is 8.68. The quantitative estimate of drug-likeness (QED) is 0.694. The van der Waals surface area contributed by atoms with Crippen molar-refractivity contribution in [1.29, 1.82) is 0 Å². The molecule has 0 fully saturated rings. The van der Waals surface area contributed by atoms with E-state index in [0.29, 0.717) is 19.7 Å². The fourth-order valence-electron chi connectivity index (χ4n) is 1.42. The Hall–Kier alpha value is -1.55. The lowest BCUT2D eigenvalue weighted by Gasteiger charge is -2.09. The van der Waals surface area contributed by atoms with Crippen molar-refractivity contribution in [3.8, 4) is 0 Å². The maximum Gasteiger partial charge on any atom is 0.239 e. The average Bonchev–Trinajstić information content (AvgIpc) is 2.37. The lowest BCUT2D eigenvalue weighted by Crippen LogP contribution is -2.31. The van der Waals surface area contributed by atoms with Gasteiger partial charge in [0.15, 0.2) is 0 Å². The van der Waals surface area contributed by atoms with E-state index in [1.807, 2.05) is 44.2 Å². The predicted molar refractivity (Wildman–Crippen MR) is 73.6 cm³/mol. The van der Waals surface area contributed by atoms with Crippen LogP contribution >= 0.6 is 0 Å². The molecule has 0 aliphatic carbocycles. The molecular formula is C14H22N2O2. The van der Waals surface area contributed by atoms with E-state index in [-0.39, 0.29) is 12.0 Å². The van der Waals surface area contributed by atoms with Crippen LogP contribution < -0.4 is 10.6 Å².